The van der Waals surface area contributed by atoms with Crippen LogP contribution in [0.4, 0.5) is 22.0 Å². The molecule has 7 nitrogen and oxygen atoms in total. The Labute approximate surface area is 189 Å². The smallest absolute Gasteiger partial charge is 0.242 e. The molecule has 0 saturated heterocycles. The number of aromatic nitrogens is 4. The van der Waals surface area contributed by atoms with Gasteiger partial charge in [0.05, 0.1) is 23.0 Å². The number of fused-ring (bicyclic) bond motifs is 1. The van der Waals surface area contributed by atoms with Gasteiger partial charge in [-0.3, -0.25) is 0 Å². The topological polar surface area (TPSA) is 103 Å². The second kappa shape index (κ2) is 8.47. The third-order valence-corrected chi connectivity index (χ3v) is 5.42. The SMILES string of the molecule is NS(=O)(=O)c1ccc(C#Cc2cnn3c(C(F)F)cc(-c4ccc(C(F)(F)F)cc4)nc23)cn1. The minimum absolute atomic E-state index is 0.0132. The van der Waals surface area contributed by atoms with Gasteiger partial charge in [-0.2, -0.15) is 18.3 Å². The van der Waals surface area contributed by atoms with Crippen molar-refractivity contribution in [1.82, 2.24) is 19.6 Å². The van der Waals surface area contributed by atoms with Gasteiger partial charge in [0.25, 0.3) is 16.4 Å². The van der Waals surface area contributed by atoms with Crippen LogP contribution in [0.3, 0.4) is 0 Å². The molecule has 0 saturated carbocycles. The van der Waals surface area contributed by atoms with Gasteiger partial charge in [0.15, 0.2) is 10.7 Å². The molecule has 0 unspecified atom stereocenters. The second-order valence-corrected chi connectivity index (χ2v) is 8.42. The molecule has 13 heteroatoms. The van der Waals surface area contributed by atoms with Crippen LogP contribution in [0.1, 0.15) is 28.8 Å². The molecule has 0 amide bonds. The van der Waals surface area contributed by atoms with Crippen LogP contribution in [0.25, 0.3) is 16.9 Å². The van der Waals surface area contributed by atoms with Gasteiger partial charge in [-0.25, -0.2) is 36.8 Å². The highest BCUT2D eigenvalue weighted by Gasteiger charge is 2.30. The third-order valence-electron chi connectivity index (χ3n) is 4.60. The average molecular weight is 493 g/mol. The number of halogens is 5. The number of pyridine rings is 1. The Morgan fingerprint density at radius 1 is 1.00 bits per heavy atom. The van der Waals surface area contributed by atoms with Crippen molar-refractivity contribution >= 4 is 15.7 Å². The maximum atomic E-state index is 13.7. The van der Waals surface area contributed by atoms with Gasteiger partial charge in [-0.05, 0) is 30.3 Å². The van der Waals surface area contributed by atoms with Crippen LogP contribution in [0, 0.1) is 11.8 Å². The molecular formula is C21H12F5N5O2S. The zero-order chi connectivity index (χ0) is 24.7. The minimum atomic E-state index is -4.54. The zero-order valence-electron chi connectivity index (χ0n) is 16.8. The van der Waals surface area contributed by atoms with E-state index < -0.39 is 33.9 Å². The lowest BCUT2D eigenvalue weighted by Gasteiger charge is -2.10. The Morgan fingerprint density at radius 2 is 1.71 bits per heavy atom. The Morgan fingerprint density at radius 3 is 2.26 bits per heavy atom. The lowest BCUT2D eigenvalue weighted by molar-refractivity contribution is -0.137. The Bertz CT molecular complexity index is 1540. The normalized spacial score (nSPS) is 12.1. The number of rotatable bonds is 3. The van der Waals surface area contributed by atoms with Crippen molar-refractivity contribution < 1.29 is 30.4 Å². The largest absolute Gasteiger partial charge is 0.416 e. The van der Waals surface area contributed by atoms with Crippen molar-refractivity contribution in [1.29, 1.82) is 0 Å². The van der Waals surface area contributed by atoms with Crippen LogP contribution in [0.15, 0.2) is 59.9 Å². The van der Waals surface area contributed by atoms with Gasteiger partial charge in [-0.15, -0.1) is 0 Å². The number of hydrogen-bond donors (Lipinski definition) is 1. The van der Waals surface area contributed by atoms with Crippen molar-refractivity contribution in [2.45, 2.75) is 17.6 Å². The van der Waals surface area contributed by atoms with Gasteiger partial charge >= 0.3 is 6.18 Å². The fourth-order valence-electron chi connectivity index (χ4n) is 2.97. The Kier molecular flexibility index (Phi) is 5.80. The third kappa shape index (κ3) is 4.73. The summed E-state index contributed by atoms with van der Waals surface area (Å²) in [6.07, 6.45) is -5.11. The van der Waals surface area contributed by atoms with Crippen molar-refractivity contribution in [2.24, 2.45) is 5.14 Å². The van der Waals surface area contributed by atoms with E-state index >= 15 is 0 Å². The molecule has 3 aromatic heterocycles. The van der Waals surface area contributed by atoms with Crippen molar-refractivity contribution in [3.8, 4) is 23.1 Å². The predicted molar refractivity (Wildman–Crippen MR) is 110 cm³/mol. The molecule has 0 aliphatic heterocycles. The number of alkyl halides is 5. The molecule has 0 atom stereocenters. The van der Waals surface area contributed by atoms with Crippen molar-refractivity contribution in [3.63, 3.8) is 0 Å². The standard InChI is InChI=1S/C21H12F5N5O2S/c22-19(23)17-9-16(13-4-6-15(7-5-13)21(24,25)26)30-20-14(11-29-31(17)20)3-1-12-2-8-18(28-10-12)34(27,32)33/h2,4-11,19H,(H2,27,32,33). The maximum absolute atomic E-state index is 13.7. The summed E-state index contributed by atoms with van der Waals surface area (Å²) in [5, 5.41) is 8.53. The molecule has 174 valence electrons. The highest BCUT2D eigenvalue weighted by atomic mass is 32.2. The van der Waals surface area contributed by atoms with Gasteiger partial charge in [-0.1, -0.05) is 24.0 Å². The number of sulfonamides is 1. The molecule has 34 heavy (non-hydrogen) atoms. The lowest BCUT2D eigenvalue weighted by Crippen LogP contribution is -2.13. The van der Waals surface area contributed by atoms with Crippen LogP contribution >= 0.6 is 0 Å². The monoisotopic (exact) mass is 493 g/mol. The molecule has 4 rings (SSSR count). The number of hydrogen-bond acceptors (Lipinski definition) is 5. The van der Waals surface area contributed by atoms with Crippen LogP contribution in [-0.2, 0) is 16.2 Å². The fraction of sp³-hybridized carbons (Fsp3) is 0.0952. The quantitative estimate of drug-likeness (QED) is 0.346. The van der Waals surface area contributed by atoms with E-state index in [0.717, 1.165) is 40.9 Å². The van der Waals surface area contributed by atoms with Gasteiger partial charge in [0.1, 0.15) is 5.69 Å². The molecule has 2 N–H and O–H groups in total. The molecule has 1 aromatic carbocycles. The fourth-order valence-corrected chi connectivity index (χ4v) is 3.43. The number of nitrogens with zero attached hydrogens (tertiary/aromatic N) is 4. The lowest BCUT2D eigenvalue weighted by atomic mass is 10.1. The molecule has 0 spiro atoms. The molecule has 3 heterocycles. The van der Waals surface area contributed by atoms with E-state index in [9.17, 15) is 30.4 Å². The van der Waals surface area contributed by atoms with E-state index in [-0.39, 0.29) is 27.5 Å². The van der Waals surface area contributed by atoms with E-state index in [2.05, 4.69) is 26.9 Å². The summed E-state index contributed by atoms with van der Waals surface area (Å²) in [5.41, 5.74) is -0.767. The van der Waals surface area contributed by atoms with Crippen LogP contribution in [-0.4, -0.2) is 28.0 Å². The van der Waals surface area contributed by atoms with Gasteiger partial charge in [0, 0.05) is 17.3 Å². The van der Waals surface area contributed by atoms with Crippen LogP contribution in [0.5, 0.6) is 0 Å². The molecule has 0 fully saturated rings. The summed E-state index contributed by atoms with van der Waals surface area (Å²) in [4.78, 5) is 7.97. The second-order valence-electron chi connectivity index (χ2n) is 6.92. The molecule has 4 aromatic rings. The molecule has 0 radical (unpaired) electrons. The van der Waals surface area contributed by atoms with Gasteiger partial charge < -0.3 is 0 Å². The van der Waals surface area contributed by atoms with Crippen LogP contribution in [0.2, 0.25) is 0 Å². The predicted octanol–water partition coefficient (Wildman–Crippen LogP) is 3.79. The molecule has 0 bridgehead atoms. The zero-order valence-corrected chi connectivity index (χ0v) is 17.6. The van der Waals surface area contributed by atoms with Gasteiger partial charge in [0.2, 0.25) is 0 Å². The molecule has 0 aliphatic rings. The summed E-state index contributed by atoms with van der Waals surface area (Å²) in [6.45, 7) is 0. The first-order valence-corrected chi connectivity index (χ1v) is 10.8. The van der Waals surface area contributed by atoms with E-state index in [4.69, 9.17) is 5.14 Å². The van der Waals surface area contributed by atoms with Crippen molar-refractivity contribution in [3.05, 3.63) is 77.2 Å². The van der Waals surface area contributed by atoms with Crippen LogP contribution < -0.4 is 5.14 Å². The van der Waals surface area contributed by atoms with E-state index in [1.54, 1.807) is 0 Å². The first kappa shape index (κ1) is 23.3. The summed E-state index contributed by atoms with van der Waals surface area (Å²) in [6, 6.07) is 7.49. The summed E-state index contributed by atoms with van der Waals surface area (Å²) < 4.78 is 89.3. The first-order chi connectivity index (χ1) is 15.9. The number of primary sulfonamides is 1. The molecular weight excluding hydrogens is 481 g/mol. The van der Waals surface area contributed by atoms with E-state index in [1.165, 1.54) is 18.5 Å². The number of nitrogens with two attached hydrogens (primary N) is 1. The highest BCUT2D eigenvalue weighted by molar-refractivity contribution is 7.89. The summed E-state index contributed by atoms with van der Waals surface area (Å²) >= 11 is 0. The van der Waals surface area contributed by atoms with Crippen molar-refractivity contribution in [2.75, 3.05) is 0 Å². The average Bonchev–Trinajstić information content (AvgIpc) is 3.19. The maximum Gasteiger partial charge on any atom is 0.416 e. The Balaban J connectivity index is 1.77. The summed E-state index contributed by atoms with van der Waals surface area (Å²) in [5.74, 6) is 5.40. The minimum Gasteiger partial charge on any atom is -0.242 e. The van der Waals surface area contributed by atoms with E-state index in [0.29, 0.717) is 5.56 Å². The summed E-state index contributed by atoms with van der Waals surface area (Å²) in [7, 11) is -3.98. The first-order valence-electron chi connectivity index (χ1n) is 9.29. The highest BCUT2D eigenvalue weighted by Crippen LogP contribution is 2.32. The Hall–Kier alpha value is -3.89. The number of benzene rings is 1. The van der Waals surface area contributed by atoms with E-state index in [1.807, 2.05) is 0 Å². The molecule has 0 aliphatic carbocycles.